The molecule has 7 heteroatoms. The molecule has 0 aliphatic heterocycles. The molecule has 0 atom stereocenters. The van der Waals surface area contributed by atoms with E-state index in [1.165, 1.54) is 25.4 Å². The first-order chi connectivity index (χ1) is 9.62. The Morgan fingerprint density at radius 1 is 1.50 bits per heavy atom. The number of aromatic nitrogens is 1. The van der Waals surface area contributed by atoms with Gasteiger partial charge < -0.3 is 14.9 Å². The molecule has 1 heterocycles. The number of esters is 1. The van der Waals surface area contributed by atoms with Gasteiger partial charge >= 0.3 is 5.97 Å². The quantitative estimate of drug-likeness (QED) is 0.504. The zero-order valence-electron chi connectivity index (χ0n) is 11.1. The van der Waals surface area contributed by atoms with Gasteiger partial charge in [-0.3, -0.25) is 10.8 Å². The molecule has 0 amide bonds. The molecule has 2 aromatic rings. The Kier molecular flexibility index (Phi) is 3.99. The summed E-state index contributed by atoms with van der Waals surface area (Å²) in [6, 6.07) is 2.43. The van der Waals surface area contributed by atoms with Crippen LogP contribution >= 0.6 is 0 Å². The number of carbonyl (C=O) groups excluding carboxylic acids is 1. The smallest absolute Gasteiger partial charge is 0.341 e. The summed E-state index contributed by atoms with van der Waals surface area (Å²) in [5.74, 6) is 4.59. The van der Waals surface area contributed by atoms with E-state index in [1.54, 1.807) is 6.92 Å². The number of anilines is 1. The second-order valence-electron chi connectivity index (χ2n) is 3.92. The summed E-state index contributed by atoms with van der Waals surface area (Å²) in [6.45, 7) is 1.90. The van der Waals surface area contributed by atoms with Crippen LogP contribution in [-0.2, 0) is 4.74 Å². The van der Waals surface area contributed by atoms with Gasteiger partial charge in [0, 0.05) is 17.6 Å². The first kappa shape index (κ1) is 14.0. The van der Waals surface area contributed by atoms with Gasteiger partial charge in [-0.15, -0.1) is 0 Å². The average Bonchev–Trinajstić information content (AvgIpc) is 2.45. The number of hydrazine groups is 1. The number of hydrogen-bond acceptors (Lipinski definition) is 6. The van der Waals surface area contributed by atoms with Gasteiger partial charge in [-0.1, -0.05) is 0 Å². The van der Waals surface area contributed by atoms with Crippen molar-refractivity contribution in [3.8, 4) is 5.75 Å². The zero-order valence-corrected chi connectivity index (χ0v) is 11.1. The maximum Gasteiger partial charge on any atom is 0.341 e. The highest BCUT2D eigenvalue weighted by atomic mass is 19.1. The number of ether oxygens (including phenoxy) is 2. The van der Waals surface area contributed by atoms with Crippen molar-refractivity contribution in [1.29, 1.82) is 0 Å². The lowest BCUT2D eigenvalue weighted by Crippen LogP contribution is -2.15. The summed E-state index contributed by atoms with van der Waals surface area (Å²) in [6.07, 6.45) is 1.32. The highest BCUT2D eigenvalue weighted by Crippen LogP contribution is 2.32. The monoisotopic (exact) mass is 279 g/mol. The van der Waals surface area contributed by atoms with E-state index < -0.39 is 11.8 Å². The highest BCUT2D eigenvalue weighted by molar-refractivity contribution is 6.06. The minimum absolute atomic E-state index is 0.134. The molecule has 1 aromatic heterocycles. The highest BCUT2D eigenvalue weighted by Gasteiger charge is 2.18. The Balaban J connectivity index is 2.73. The summed E-state index contributed by atoms with van der Waals surface area (Å²) in [7, 11) is 1.41. The molecule has 0 unspecified atom stereocenters. The topological polar surface area (TPSA) is 86.5 Å². The van der Waals surface area contributed by atoms with E-state index in [9.17, 15) is 9.18 Å². The third-order valence-electron chi connectivity index (χ3n) is 2.76. The van der Waals surface area contributed by atoms with Crippen LogP contribution in [-0.4, -0.2) is 24.7 Å². The molecule has 0 aliphatic rings. The maximum atomic E-state index is 13.6. The number of benzene rings is 1. The van der Waals surface area contributed by atoms with Crippen molar-refractivity contribution in [2.45, 2.75) is 6.92 Å². The van der Waals surface area contributed by atoms with E-state index in [4.69, 9.17) is 15.3 Å². The first-order valence-corrected chi connectivity index (χ1v) is 5.92. The Bertz CT molecular complexity index is 661. The minimum Gasteiger partial charge on any atom is -0.494 e. The summed E-state index contributed by atoms with van der Waals surface area (Å²) in [5, 5.41) is 0.343. The molecule has 0 radical (unpaired) electrons. The van der Waals surface area contributed by atoms with Crippen LogP contribution in [0.1, 0.15) is 17.3 Å². The van der Waals surface area contributed by atoms with Crippen LogP contribution in [0.4, 0.5) is 10.1 Å². The summed E-state index contributed by atoms with van der Waals surface area (Å²) in [4.78, 5) is 15.9. The van der Waals surface area contributed by atoms with Crippen LogP contribution in [0.3, 0.4) is 0 Å². The third-order valence-corrected chi connectivity index (χ3v) is 2.76. The van der Waals surface area contributed by atoms with E-state index in [0.29, 0.717) is 10.9 Å². The molecule has 106 valence electrons. The summed E-state index contributed by atoms with van der Waals surface area (Å²) < 4.78 is 23.6. The molecule has 6 nitrogen and oxygen atoms in total. The molecule has 0 fully saturated rings. The van der Waals surface area contributed by atoms with Crippen LogP contribution in [0, 0.1) is 5.82 Å². The van der Waals surface area contributed by atoms with E-state index in [-0.39, 0.29) is 23.6 Å². The van der Waals surface area contributed by atoms with Crippen LogP contribution in [0.15, 0.2) is 18.3 Å². The number of nitrogens with two attached hydrogens (primary N) is 1. The number of nitrogens with zero attached hydrogens (tertiary/aromatic N) is 1. The number of nitrogens with one attached hydrogen (secondary N) is 1. The third kappa shape index (κ3) is 2.35. The predicted octanol–water partition coefficient (Wildman–Crippen LogP) is 1.84. The lowest BCUT2D eigenvalue weighted by Gasteiger charge is -2.12. The van der Waals surface area contributed by atoms with Crippen LogP contribution in [0.2, 0.25) is 0 Å². The first-order valence-electron chi connectivity index (χ1n) is 5.92. The number of pyridine rings is 1. The number of rotatable bonds is 4. The normalized spacial score (nSPS) is 10.4. The molecule has 3 N–H and O–H groups in total. The lowest BCUT2D eigenvalue weighted by molar-refractivity contribution is 0.0527. The fourth-order valence-corrected chi connectivity index (χ4v) is 1.91. The van der Waals surface area contributed by atoms with Crippen LogP contribution in [0.5, 0.6) is 5.75 Å². The number of halogens is 1. The molecule has 1 aromatic carbocycles. The molecule has 0 bridgehead atoms. The zero-order chi connectivity index (χ0) is 14.7. The van der Waals surface area contributed by atoms with Crippen molar-refractivity contribution in [3.63, 3.8) is 0 Å². The van der Waals surface area contributed by atoms with Gasteiger partial charge in [0.25, 0.3) is 0 Å². The van der Waals surface area contributed by atoms with Gasteiger partial charge in [-0.25, -0.2) is 9.18 Å². The number of hydrogen-bond donors (Lipinski definition) is 2. The van der Waals surface area contributed by atoms with Crippen molar-refractivity contribution >= 4 is 22.6 Å². The maximum absolute atomic E-state index is 13.6. The Morgan fingerprint density at radius 3 is 2.85 bits per heavy atom. The van der Waals surface area contributed by atoms with Gasteiger partial charge in [0.15, 0.2) is 0 Å². The van der Waals surface area contributed by atoms with Crippen LogP contribution in [0.25, 0.3) is 10.9 Å². The largest absolute Gasteiger partial charge is 0.494 e. The van der Waals surface area contributed by atoms with Gasteiger partial charge in [0.1, 0.15) is 22.6 Å². The summed E-state index contributed by atoms with van der Waals surface area (Å²) >= 11 is 0. The lowest BCUT2D eigenvalue weighted by atomic mass is 10.1. The van der Waals surface area contributed by atoms with Gasteiger partial charge in [0.05, 0.1) is 19.4 Å². The Labute approximate surface area is 114 Å². The summed E-state index contributed by atoms with van der Waals surface area (Å²) in [5.41, 5.74) is 3.17. The van der Waals surface area contributed by atoms with Crippen LogP contribution < -0.4 is 16.0 Å². The van der Waals surface area contributed by atoms with E-state index in [0.717, 1.165) is 0 Å². The molecule has 20 heavy (non-hydrogen) atoms. The Hall–Kier alpha value is -2.41. The molecule has 0 saturated carbocycles. The predicted molar refractivity (Wildman–Crippen MR) is 72.0 cm³/mol. The second kappa shape index (κ2) is 5.70. The minimum atomic E-state index is -0.585. The van der Waals surface area contributed by atoms with Gasteiger partial charge in [-0.2, -0.15) is 0 Å². The number of fused-ring (bicyclic) bond motifs is 1. The average molecular weight is 279 g/mol. The second-order valence-corrected chi connectivity index (χ2v) is 3.92. The molecule has 2 rings (SSSR count). The number of nitrogen functional groups attached to an aromatic ring is 1. The van der Waals surface area contributed by atoms with Crippen molar-refractivity contribution in [1.82, 2.24) is 4.98 Å². The molecular weight excluding hydrogens is 265 g/mol. The van der Waals surface area contributed by atoms with E-state index >= 15 is 0 Å². The Morgan fingerprint density at radius 2 is 2.25 bits per heavy atom. The fraction of sp³-hybridized carbons (Fsp3) is 0.231. The van der Waals surface area contributed by atoms with Crippen molar-refractivity contribution in [2.24, 2.45) is 5.84 Å². The van der Waals surface area contributed by atoms with Crippen molar-refractivity contribution in [2.75, 3.05) is 19.1 Å². The van der Waals surface area contributed by atoms with E-state index in [2.05, 4.69) is 10.4 Å². The standard InChI is InChI=1S/C13H14FN3O3/c1-3-20-13(18)9-6-16-12-8(11(9)17-15)4-7(14)5-10(12)19-2/h4-6H,3,15H2,1-2H3,(H,16,17). The van der Waals surface area contributed by atoms with Crippen molar-refractivity contribution in [3.05, 3.63) is 29.7 Å². The molecule has 0 spiro atoms. The van der Waals surface area contributed by atoms with Gasteiger partial charge in [0.2, 0.25) is 0 Å². The molecule has 0 aliphatic carbocycles. The molecule has 0 saturated heterocycles. The van der Waals surface area contributed by atoms with Crippen molar-refractivity contribution < 1.29 is 18.7 Å². The number of methoxy groups -OCH3 is 1. The van der Waals surface area contributed by atoms with Gasteiger partial charge in [-0.05, 0) is 13.0 Å². The SMILES string of the molecule is CCOC(=O)c1cnc2c(OC)cc(F)cc2c1NN. The molecular formula is C13H14FN3O3. The van der Waals surface area contributed by atoms with E-state index in [1.807, 2.05) is 0 Å². The number of carbonyl (C=O) groups is 1. The fourth-order valence-electron chi connectivity index (χ4n) is 1.91.